The highest BCUT2D eigenvalue weighted by Gasteiger charge is 2.02. The molecule has 0 aromatic carbocycles. The van der Waals surface area contributed by atoms with Crippen molar-refractivity contribution in [3.05, 3.63) is 0 Å². The second kappa shape index (κ2) is 8.57. The molecule has 1 rings (SSSR count). The standard InChI is InChI=1S/C6H12N2.C4H10/c1-2-7-6-4-3-5-8-6;1-3-4-2/h2-5H2,1H3,(H,7,8);3-4H2,1-2H3. The Kier molecular flexibility index (Phi) is 8.19. The molecule has 12 heavy (non-hydrogen) atoms. The predicted octanol–water partition coefficient (Wildman–Crippen LogP) is 2.59. The summed E-state index contributed by atoms with van der Waals surface area (Å²) in [5.41, 5.74) is 0. The molecule has 1 aliphatic heterocycles. The Bertz CT molecular complexity index is 117. The van der Waals surface area contributed by atoms with Crippen molar-refractivity contribution in [2.75, 3.05) is 13.1 Å². The number of unbranched alkanes of at least 4 members (excludes halogenated alkanes) is 1. The first-order valence-corrected chi connectivity index (χ1v) is 5.12. The lowest BCUT2D eigenvalue weighted by atomic mass is 10.3. The van der Waals surface area contributed by atoms with Crippen molar-refractivity contribution < 1.29 is 0 Å². The third-order valence-corrected chi connectivity index (χ3v) is 1.76. The van der Waals surface area contributed by atoms with Gasteiger partial charge in [0.15, 0.2) is 0 Å². The van der Waals surface area contributed by atoms with E-state index in [9.17, 15) is 0 Å². The van der Waals surface area contributed by atoms with E-state index in [0.29, 0.717) is 0 Å². The summed E-state index contributed by atoms with van der Waals surface area (Å²) in [6.07, 6.45) is 5.04. The van der Waals surface area contributed by atoms with E-state index in [2.05, 4.69) is 31.1 Å². The second-order valence-corrected chi connectivity index (χ2v) is 2.96. The molecule has 0 aliphatic carbocycles. The largest absolute Gasteiger partial charge is 0.374 e. The molecule has 0 bridgehead atoms. The first-order valence-electron chi connectivity index (χ1n) is 5.12. The lowest BCUT2D eigenvalue weighted by Gasteiger charge is -1.97. The average molecular weight is 170 g/mol. The molecule has 0 saturated carbocycles. The van der Waals surface area contributed by atoms with Crippen LogP contribution in [0.15, 0.2) is 4.99 Å². The number of amidine groups is 1. The maximum Gasteiger partial charge on any atom is 0.0963 e. The van der Waals surface area contributed by atoms with Crippen LogP contribution in [-0.4, -0.2) is 18.9 Å². The van der Waals surface area contributed by atoms with E-state index in [-0.39, 0.29) is 0 Å². The summed E-state index contributed by atoms with van der Waals surface area (Å²) in [6.45, 7) is 8.50. The van der Waals surface area contributed by atoms with Crippen LogP contribution in [0.4, 0.5) is 0 Å². The Hall–Kier alpha value is -0.530. The molecule has 1 N–H and O–H groups in total. The number of nitrogens with one attached hydrogen (secondary N) is 1. The average Bonchev–Trinajstić information content (AvgIpc) is 2.58. The van der Waals surface area contributed by atoms with Crippen molar-refractivity contribution in [2.24, 2.45) is 4.99 Å². The smallest absolute Gasteiger partial charge is 0.0963 e. The third-order valence-electron chi connectivity index (χ3n) is 1.76. The number of hydrogen-bond acceptors (Lipinski definition) is 2. The van der Waals surface area contributed by atoms with Crippen molar-refractivity contribution in [1.29, 1.82) is 0 Å². The van der Waals surface area contributed by atoms with E-state index in [0.717, 1.165) is 19.5 Å². The minimum absolute atomic E-state index is 1.01. The second-order valence-electron chi connectivity index (χ2n) is 2.96. The summed E-state index contributed by atoms with van der Waals surface area (Å²) in [5.74, 6) is 1.20. The molecule has 0 aromatic heterocycles. The fourth-order valence-corrected chi connectivity index (χ4v) is 0.888. The maximum atomic E-state index is 4.23. The molecule has 0 spiro atoms. The van der Waals surface area contributed by atoms with Gasteiger partial charge < -0.3 is 5.32 Å². The highest BCUT2D eigenvalue weighted by atomic mass is 15.0. The van der Waals surface area contributed by atoms with Crippen LogP contribution < -0.4 is 5.32 Å². The molecule has 2 nitrogen and oxygen atoms in total. The van der Waals surface area contributed by atoms with Gasteiger partial charge in [-0.15, -0.1) is 0 Å². The molecule has 0 unspecified atom stereocenters. The molecule has 0 fully saturated rings. The number of nitrogens with zero attached hydrogens (tertiary/aromatic N) is 1. The highest BCUT2D eigenvalue weighted by Crippen LogP contribution is 1.99. The van der Waals surface area contributed by atoms with Gasteiger partial charge in [0.05, 0.1) is 5.84 Å². The van der Waals surface area contributed by atoms with Gasteiger partial charge in [0.1, 0.15) is 0 Å². The van der Waals surface area contributed by atoms with E-state index < -0.39 is 0 Å². The van der Waals surface area contributed by atoms with Crippen molar-refractivity contribution in [3.8, 4) is 0 Å². The molecule has 2 heteroatoms. The molecular weight excluding hydrogens is 148 g/mol. The zero-order chi connectivity index (χ0) is 9.23. The van der Waals surface area contributed by atoms with Crippen molar-refractivity contribution in [1.82, 2.24) is 5.32 Å². The highest BCUT2D eigenvalue weighted by molar-refractivity contribution is 5.83. The SMILES string of the molecule is CCCC.CCNC1=NCCC1. The molecule has 0 amide bonds. The summed E-state index contributed by atoms with van der Waals surface area (Å²) in [4.78, 5) is 4.23. The predicted molar refractivity (Wildman–Crippen MR) is 55.8 cm³/mol. The van der Waals surface area contributed by atoms with Gasteiger partial charge >= 0.3 is 0 Å². The van der Waals surface area contributed by atoms with Gasteiger partial charge in [-0.05, 0) is 13.3 Å². The van der Waals surface area contributed by atoms with Crippen LogP contribution >= 0.6 is 0 Å². The molecule has 72 valence electrons. The summed E-state index contributed by atoms with van der Waals surface area (Å²) < 4.78 is 0. The van der Waals surface area contributed by atoms with Gasteiger partial charge in [-0.2, -0.15) is 0 Å². The van der Waals surface area contributed by atoms with Crippen LogP contribution in [0.3, 0.4) is 0 Å². The lowest BCUT2D eigenvalue weighted by Crippen LogP contribution is -2.20. The van der Waals surface area contributed by atoms with Gasteiger partial charge in [0.2, 0.25) is 0 Å². The quantitative estimate of drug-likeness (QED) is 0.677. The fraction of sp³-hybridized carbons (Fsp3) is 0.900. The number of rotatable bonds is 2. The molecule has 1 aliphatic rings. The number of aliphatic imine (C=N–C) groups is 1. The monoisotopic (exact) mass is 170 g/mol. The van der Waals surface area contributed by atoms with E-state index in [4.69, 9.17) is 0 Å². The van der Waals surface area contributed by atoms with Crippen LogP contribution in [0.1, 0.15) is 46.5 Å². The summed E-state index contributed by atoms with van der Waals surface area (Å²) >= 11 is 0. The van der Waals surface area contributed by atoms with Crippen LogP contribution in [0.2, 0.25) is 0 Å². The van der Waals surface area contributed by atoms with E-state index in [1.54, 1.807) is 0 Å². The lowest BCUT2D eigenvalue weighted by molar-refractivity contribution is 0.886. The Morgan fingerprint density at radius 1 is 1.25 bits per heavy atom. The Labute approximate surface area is 76.5 Å². The van der Waals surface area contributed by atoms with Crippen LogP contribution in [0.5, 0.6) is 0 Å². The summed E-state index contributed by atoms with van der Waals surface area (Å²) in [6, 6.07) is 0. The third kappa shape index (κ3) is 6.20. The van der Waals surface area contributed by atoms with E-state index in [1.165, 1.54) is 25.1 Å². The van der Waals surface area contributed by atoms with Crippen molar-refractivity contribution >= 4 is 5.84 Å². The van der Waals surface area contributed by atoms with Gasteiger partial charge in [-0.1, -0.05) is 26.7 Å². The number of hydrogen-bond donors (Lipinski definition) is 1. The normalized spacial score (nSPS) is 14.8. The minimum atomic E-state index is 1.01. The van der Waals surface area contributed by atoms with Gasteiger partial charge in [-0.25, -0.2) is 0 Å². The molecule has 1 heterocycles. The van der Waals surface area contributed by atoms with E-state index in [1.807, 2.05) is 0 Å². The molecule has 0 aromatic rings. The molecule has 0 atom stereocenters. The van der Waals surface area contributed by atoms with Crippen molar-refractivity contribution in [2.45, 2.75) is 46.5 Å². The van der Waals surface area contributed by atoms with Gasteiger partial charge in [-0.3, -0.25) is 4.99 Å². The van der Waals surface area contributed by atoms with Crippen LogP contribution in [0, 0.1) is 0 Å². The molecule has 0 saturated heterocycles. The molecular formula is C10H22N2. The Balaban J connectivity index is 0.000000261. The van der Waals surface area contributed by atoms with Gasteiger partial charge in [0, 0.05) is 19.5 Å². The van der Waals surface area contributed by atoms with Gasteiger partial charge in [0.25, 0.3) is 0 Å². The van der Waals surface area contributed by atoms with E-state index >= 15 is 0 Å². The first-order chi connectivity index (χ1) is 5.85. The van der Waals surface area contributed by atoms with Crippen LogP contribution in [0.25, 0.3) is 0 Å². The van der Waals surface area contributed by atoms with Crippen LogP contribution in [-0.2, 0) is 0 Å². The Morgan fingerprint density at radius 2 is 1.92 bits per heavy atom. The molecule has 0 radical (unpaired) electrons. The zero-order valence-electron chi connectivity index (χ0n) is 8.69. The fourth-order valence-electron chi connectivity index (χ4n) is 0.888. The minimum Gasteiger partial charge on any atom is -0.374 e. The Morgan fingerprint density at radius 3 is 2.25 bits per heavy atom. The summed E-state index contributed by atoms with van der Waals surface area (Å²) in [7, 11) is 0. The maximum absolute atomic E-state index is 4.23. The zero-order valence-corrected chi connectivity index (χ0v) is 8.69. The van der Waals surface area contributed by atoms with Crippen molar-refractivity contribution in [3.63, 3.8) is 0 Å². The first kappa shape index (κ1) is 11.5. The summed E-state index contributed by atoms with van der Waals surface area (Å²) in [5, 5.41) is 3.19. The topological polar surface area (TPSA) is 24.4 Å².